The molecule has 5 nitrogen and oxygen atoms in total. The monoisotopic (exact) mass is 752 g/mol. The van der Waals surface area contributed by atoms with Crippen LogP contribution in [0.15, 0.2) is 0 Å². The van der Waals surface area contributed by atoms with Crippen LogP contribution in [0.3, 0.4) is 0 Å². The summed E-state index contributed by atoms with van der Waals surface area (Å²) >= 11 is 0. The van der Waals surface area contributed by atoms with E-state index in [1.165, 1.54) is 0 Å². The summed E-state index contributed by atoms with van der Waals surface area (Å²) < 4.78 is 68.5. The van der Waals surface area contributed by atoms with Crippen LogP contribution in [0.4, 0.5) is 17.6 Å². The fourth-order valence-corrected chi connectivity index (χ4v) is 6.66. The molecule has 0 amide bonds. The van der Waals surface area contributed by atoms with Crippen molar-refractivity contribution in [2.75, 3.05) is 33.9 Å². The SMILES string of the molecule is CC(C)CCC(COC(=O)C(F)(F)CCCCCCC(CCCCCCC(F)(F)C(=O)OCC(CCC(C)C)C(C)C)CCCCN(C)C)C(C)C. The van der Waals surface area contributed by atoms with Crippen LogP contribution in [0, 0.1) is 41.4 Å². The summed E-state index contributed by atoms with van der Waals surface area (Å²) in [5.41, 5.74) is 0. The predicted molar refractivity (Wildman–Crippen MR) is 208 cm³/mol. The Kier molecular flexibility index (Phi) is 27.3. The Bertz CT molecular complexity index is 846. The fraction of sp³-hybridized carbons (Fsp3) is 0.953. The van der Waals surface area contributed by atoms with Crippen molar-refractivity contribution >= 4 is 11.9 Å². The Hall–Kier alpha value is -1.38. The van der Waals surface area contributed by atoms with Gasteiger partial charge in [-0.05, 0) is 94.2 Å². The van der Waals surface area contributed by atoms with Gasteiger partial charge in [-0.2, -0.15) is 17.6 Å². The number of hydrogen-bond acceptors (Lipinski definition) is 5. The highest BCUT2D eigenvalue weighted by Gasteiger charge is 2.41. The summed E-state index contributed by atoms with van der Waals surface area (Å²) in [5, 5.41) is 0. The molecule has 0 radical (unpaired) electrons. The minimum atomic E-state index is -3.46. The smallest absolute Gasteiger partial charge is 0.376 e. The molecular formula is C43H81F4NO4. The Balaban J connectivity index is 4.59. The van der Waals surface area contributed by atoms with Gasteiger partial charge in [0, 0.05) is 12.8 Å². The molecule has 0 aliphatic carbocycles. The van der Waals surface area contributed by atoms with E-state index in [-0.39, 0.29) is 49.7 Å². The van der Waals surface area contributed by atoms with E-state index in [4.69, 9.17) is 9.47 Å². The zero-order valence-electron chi connectivity index (χ0n) is 35.2. The lowest BCUT2D eigenvalue weighted by molar-refractivity contribution is -0.175. The second-order valence-electron chi connectivity index (χ2n) is 17.6. The molecular weight excluding hydrogens is 670 g/mol. The Labute approximate surface area is 317 Å². The predicted octanol–water partition coefficient (Wildman–Crippen LogP) is 12.8. The molecule has 0 bridgehead atoms. The van der Waals surface area contributed by atoms with E-state index >= 15 is 0 Å². The zero-order chi connectivity index (χ0) is 39.7. The number of carbonyl (C=O) groups excluding carboxylic acids is 2. The normalized spacial score (nSPS) is 14.5. The van der Waals surface area contributed by atoms with Gasteiger partial charge in [0.05, 0.1) is 13.2 Å². The third-order valence-electron chi connectivity index (χ3n) is 10.7. The molecule has 2 atom stereocenters. The Morgan fingerprint density at radius 2 is 0.846 bits per heavy atom. The molecule has 9 heteroatoms. The molecule has 0 saturated carbocycles. The van der Waals surface area contributed by atoms with Crippen LogP contribution in [0.1, 0.15) is 177 Å². The Morgan fingerprint density at radius 3 is 1.17 bits per heavy atom. The number of hydrogen-bond donors (Lipinski definition) is 0. The van der Waals surface area contributed by atoms with Crippen molar-refractivity contribution in [1.29, 1.82) is 0 Å². The topological polar surface area (TPSA) is 55.8 Å². The maximum absolute atomic E-state index is 14.6. The van der Waals surface area contributed by atoms with Crippen LogP contribution in [-0.4, -0.2) is 62.5 Å². The molecule has 0 aliphatic rings. The van der Waals surface area contributed by atoms with Crippen molar-refractivity contribution in [2.45, 2.75) is 189 Å². The number of nitrogens with zero attached hydrogens (tertiary/aromatic N) is 1. The third-order valence-corrected chi connectivity index (χ3v) is 10.7. The van der Waals surface area contributed by atoms with E-state index in [2.05, 4.69) is 46.7 Å². The molecule has 0 aliphatic heterocycles. The second kappa shape index (κ2) is 28.1. The van der Waals surface area contributed by atoms with Gasteiger partial charge >= 0.3 is 23.8 Å². The van der Waals surface area contributed by atoms with E-state index < -0.39 is 36.6 Å². The molecule has 310 valence electrons. The number of carbonyl (C=O) groups is 2. The molecule has 0 aromatic rings. The lowest BCUT2D eigenvalue weighted by Crippen LogP contribution is -2.33. The number of unbranched alkanes of at least 4 members (excludes halogenated alkanes) is 7. The fourth-order valence-electron chi connectivity index (χ4n) is 6.66. The lowest BCUT2D eigenvalue weighted by atomic mass is 9.89. The van der Waals surface area contributed by atoms with Gasteiger partial charge in [0.25, 0.3) is 0 Å². The number of halogens is 4. The van der Waals surface area contributed by atoms with Crippen molar-refractivity contribution in [2.24, 2.45) is 41.4 Å². The number of rotatable bonds is 33. The van der Waals surface area contributed by atoms with Crippen molar-refractivity contribution in [1.82, 2.24) is 4.90 Å². The van der Waals surface area contributed by atoms with Gasteiger partial charge in [0.15, 0.2) is 0 Å². The molecule has 0 heterocycles. The first kappa shape index (κ1) is 50.6. The standard InChI is InChI=1S/C43H81F4NO4/c1-33(2)24-26-38(35(5)6)31-51-40(49)42(44,45)28-18-13-11-15-21-37(23-17-20-30-48(9)10)22-16-12-14-19-29-43(46,47)41(50)52-32-39(36(7)8)27-25-34(3)4/h33-39H,11-32H2,1-10H3. The molecule has 52 heavy (non-hydrogen) atoms. The summed E-state index contributed by atoms with van der Waals surface area (Å²) in [6, 6.07) is 0. The minimum absolute atomic E-state index is 0.0492. The van der Waals surface area contributed by atoms with Crippen molar-refractivity contribution in [3.05, 3.63) is 0 Å². The molecule has 2 unspecified atom stereocenters. The highest BCUT2D eigenvalue weighted by atomic mass is 19.3. The molecule has 0 spiro atoms. The summed E-state index contributed by atoms with van der Waals surface area (Å²) in [6.45, 7) is 17.8. The van der Waals surface area contributed by atoms with E-state index in [1.54, 1.807) is 0 Å². The quantitative estimate of drug-likeness (QED) is 0.0380. The van der Waals surface area contributed by atoms with Crippen LogP contribution in [-0.2, 0) is 19.1 Å². The first-order valence-corrected chi connectivity index (χ1v) is 21.0. The van der Waals surface area contributed by atoms with Gasteiger partial charge in [-0.25, -0.2) is 9.59 Å². The molecule has 0 aromatic carbocycles. The molecule has 0 rings (SSSR count). The number of alkyl halides is 4. The highest BCUT2D eigenvalue weighted by molar-refractivity contribution is 5.77. The third kappa shape index (κ3) is 25.6. The van der Waals surface area contributed by atoms with Crippen LogP contribution in [0.5, 0.6) is 0 Å². The highest BCUT2D eigenvalue weighted by Crippen LogP contribution is 2.30. The minimum Gasteiger partial charge on any atom is -0.461 e. The van der Waals surface area contributed by atoms with Gasteiger partial charge in [0.1, 0.15) is 0 Å². The summed E-state index contributed by atoms with van der Waals surface area (Å²) in [7, 11) is 4.13. The van der Waals surface area contributed by atoms with Gasteiger partial charge in [0.2, 0.25) is 0 Å². The number of esters is 2. The summed E-state index contributed by atoms with van der Waals surface area (Å²) in [4.78, 5) is 26.6. The zero-order valence-corrected chi connectivity index (χ0v) is 35.2. The lowest BCUT2D eigenvalue weighted by Gasteiger charge is -2.23. The van der Waals surface area contributed by atoms with Gasteiger partial charge in [-0.1, -0.05) is 132 Å². The van der Waals surface area contributed by atoms with Crippen LogP contribution >= 0.6 is 0 Å². The molecule has 0 aromatic heterocycles. The first-order chi connectivity index (χ1) is 24.3. The number of ether oxygens (including phenoxy) is 2. The molecule has 0 saturated heterocycles. The van der Waals surface area contributed by atoms with Crippen LogP contribution in [0.2, 0.25) is 0 Å². The molecule has 0 N–H and O–H groups in total. The van der Waals surface area contributed by atoms with E-state index in [1.807, 2.05) is 27.7 Å². The summed E-state index contributed by atoms with van der Waals surface area (Å²) in [5.74, 6) is -7.44. The van der Waals surface area contributed by atoms with Crippen LogP contribution < -0.4 is 0 Å². The average Bonchev–Trinajstić information content (AvgIpc) is 3.04. The average molecular weight is 752 g/mol. The van der Waals surface area contributed by atoms with Crippen LogP contribution in [0.25, 0.3) is 0 Å². The van der Waals surface area contributed by atoms with Gasteiger partial charge < -0.3 is 14.4 Å². The van der Waals surface area contributed by atoms with Crippen molar-refractivity contribution in [3.63, 3.8) is 0 Å². The van der Waals surface area contributed by atoms with E-state index in [0.717, 1.165) is 90.0 Å². The van der Waals surface area contributed by atoms with Crippen molar-refractivity contribution < 1.29 is 36.6 Å². The second-order valence-corrected chi connectivity index (χ2v) is 17.6. The largest absolute Gasteiger partial charge is 0.461 e. The van der Waals surface area contributed by atoms with E-state index in [9.17, 15) is 27.2 Å². The van der Waals surface area contributed by atoms with Gasteiger partial charge in [-0.15, -0.1) is 0 Å². The molecule has 0 fully saturated rings. The maximum atomic E-state index is 14.6. The summed E-state index contributed by atoms with van der Waals surface area (Å²) in [6.07, 6.45) is 13.5. The van der Waals surface area contributed by atoms with Gasteiger partial charge in [-0.3, -0.25) is 0 Å². The maximum Gasteiger partial charge on any atom is 0.376 e. The first-order valence-electron chi connectivity index (χ1n) is 21.0. The van der Waals surface area contributed by atoms with E-state index in [0.29, 0.717) is 30.6 Å². The Morgan fingerprint density at radius 1 is 0.500 bits per heavy atom. The van der Waals surface area contributed by atoms with Crippen molar-refractivity contribution in [3.8, 4) is 0 Å².